The zero-order valence-corrected chi connectivity index (χ0v) is 10.6. The van der Waals surface area contributed by atoms with E-state index in [-0.39, 0.29) is 11.4 Å². The van der Waals surface area contributed by atoms with Crippen LogP contribution >= 0.6 is 0 Å². The minimum absolute atomic E-state index is 0.0603. The number of aromatic amines is 1. The van der Waals surface area contributed by atoms with Gasteiger partial charge in [-0.15, -0.1) is 0 Å². The second kappa shape index (κ2) is 4.92. The maximum absolute atomic E-state index is 12.4. The van der Waals surface area contributed by atoms with E-state index in [1.165, 1.54) is 6.42 Å². The number of hydrogen-bond acceptors (Lipinski definition) is 2. The zero-order valence-electron chi connectivity index (χ0n) is 10.6. The Bertz CT molecular complexity index is 370. The third kappa shape index (κ3) is 2.36. The van der Waals surface area contributed by atoms with E-state index < -0.39 is 0 Å². The lowest BCUT2D eigenvalue weighted by Gasteiger charge is -2.44. The minimum Gasteiger partial charge on any atom is -0.357 e. The molecule has 2 heterocycles. The van der Waals surface area contributed by atoms with E-state index in [9.17, 15) is 4.79 Å². The molecule has 1 atom stereocenters. The van der Waals surface area contributed by atoms with E-state index in [1.807, 2.05) is 24.1 Å². The largest absolute Gasteiger partial charge is 0.357 e. The maximum Gasteiger partial charge on any atom is 0.270 e. The number of H-pyrrole nitrogens is 1. The Kier molecular flexibility index (Phi) is 3.52. The molecule has 1 saturated heterocycles. The number of amides is 1. The minimum atomic E-state index is -0.0603. The summed E-state index contributed by atoms with van der Waals surface area (Å²) in [6, 6.07) is 3.71. The molecule has 0 saturated carbocycles. The fraction of sp³-hybridized carbons (Fsp3) is 0.615. The fourth-order valence-corrected chi connectivity index (χ4v) is 2.70. The average molecular weight is 235 g/mol. The molecule has 0 radical (unpaired) electrons. The molecule has 1 fully saturated rings. The van der Waals surface area contributed by atoms with E-state index in [1.54, 1.807) is 6.20 Å². The summed E-state index contributed by atoms with van der Waals surface area (Å²) in [6.07, 6.45) is 5.17. The van der Waals surface area contributed by atoms with E-state index in [4.69, 9.17) is 0 Å². The average Bonchev–Trinajstić information content (AvgIpc) is 2.82. The van der Waals surface area contributed by atoms with Gasteiger partial charge in [0.25, 0.3) is 5.91 Å². The van der Waals surface area contributed by atoms with Gasteiger partial charge in [0.1, 0.15) is 5.69 Å². The highest BCUT2D eigenvalue weighted by atomic mass is 16.2. The SMILES string of the molecule is CNCC1(C)CCCCN1C(=O)c1ccc[nH]1. The van der Waals surface area contributed by atoms with Crippen LogP contribution in [0.15, 0.2) is 18.3 Å². The second-order valence-corrected chi connectivity index (χ2v) is 5.02. The van der Waals surface area contributed by atoms with E-state index in [0.29, 0.717) is 5.69 Å². The van der Waals surface area contributed by atoms with Crippen molar-refractivity contribution in [1.29, 1.82) is 0 Å². The summed E-state index contributed by atoms with van der Waals surface area (Å²) in [5.41, 5.74) is 0.629. The first-order valence-electron chi connectivity index (χ1n) is 6.27. The van der Waals surface area contributed by atoms with Gasteiger partial charge in [-0.25, -0.2) is 0 Å². The number of rotatable bonds is 3. The standard InChI is InChI=1S/C13H21N3O/c1-13(10-14-2)7-3-4-9-16(13)12(17)11-6-5-8-15-11/h5-6,8,14-15H,3-4,7,9-10H2,1-2H3. The molecule has 0 aromatic carbocycles. The van der Waals surface area contributed by atoms with Crippen molar-refractivity contribution in [1.82, 2.24) is 15.2 Å². The number of likely N-dealkylation sites (N-methyl/N-ethyl adjacent to an activating group) is 1. The molecule has 2 N–H and O–H groups in total. The van der Waals surface area contributed by atoms with Crippen LogP contribution in [0.3, 0.4) is 0 Å². The van der Waals surface area contributed by atoms with Crippen molar-refractivity contribution in [3.63, 3.8) is 0 Å². The van der Waals surface area contributed by atoms with Crippen LogP contribution in [-0.2, 0) is 0 Å². The molecule has 4 nitrogen and oxygen atoms in total. The highest BCUT2D eigenvalue weighted by Gasteiger charge is 2.37. The maximum atomic E-state index is 12.4. The van der Waals surface area contributed by atoms with E-state index >= 15 is 0 Å². The lowest BCUT2D eigenvalue weighted by Crippen LogP contribution is -2.57. The van der Waals surface area contributed by atoms with Crippen LogP contribution in [0, 0.1) is 0 Å². The van der Waals surface area contributed by atoms with Gasteiger partial charge in [-0.3, -0.25) is 4.79 Å². The first-order valence-corrected chi connectivity index (χ1v) is 6.27. The zero-order chi connectivity index (χ0) is 12.3. The molecule has 2 rings (SSSR count). The Labute approximate surface area is 102 Å². The summed E-state index contributed by atoms with van der Waals surface area (Å²) < 4.78 is 0. The molecule has 1 unspecified atom stereocenters. The number of hydrogen-bond donors (Lipinski definition) is 2. The Morgan fingerprint density at radius 3 is 3.06 bits per heavy atom. The van der Waals surface area contributed by atoms with Crippen LogP contribution in [0.5, 0.6) is 0 Å². The van der Waals surface area contributed by atoms with E-state index in [2.05, 4.69) is 17.2 Å². The van der Waals surface area contributed by atoms with Gasteiger partial charge in [0.15, 0.2) is 0 Å². The number of aromatic nitrogens is 1. The van der Waals surface area contributed by atoms with Gasteiger partial charge in [-0.2, -0.15) is 0 Å². The summed E-state index contributed by atoms with van der Waals surface area (Å²) in [5, 5.41) is 3.20. The van der Waals surface area contributed by atoms with Gasteiger partial charge in [-0.05, 0) is 45.4 Å². The first-order chi connectivity index (χ1) is 8.17. The molecule has 0 aliphatic carbocycles. The number of likely N-dealkylation sites (tertiary alicyclic amines) is 1. The van der Waals surface area contributed by atoms with Crippen LogP contribution in [-0.4, -0.2) is 41.5 Å². The van der Waals surface area contributed by atoms with E-state index in [0.717, 1.165) is 25.9 Å². The number of nitrogens with one attached hydrogen (secondary N) is 2. The predicted molar refractivity (Wildman–Crippen MR) is 68.0 cm³/mol. The van der Waals surface area contributed by atoms with Crippen molar-refractivity contribution >= 4 is 5.91 Å². The van der Waals surface area contributed by atoms with Gasteiger partial charge in [0.2, 0.25) is 0 Å². The Morgan fingerprint density at radius 1 is 1.59 bits per heavy atom. The van der Waals surface area contributed by atoms with Crippen LogP contribution in [0.25, 0.3) is 0 Å². The van der Waals surface area contributed by atoms with Crippen LogP contribution in [0.2, 0.25) is 0 Å². The third-order valence-corrected chi connectivity index (χ3v) is 3.63. The van der Waals surface area contributed by atoms with Crippen molar-refractivity contribution in [3.8, 4) is 0 Å². The number of nitrogens with zero attached hydrogens (tertiary/aromatic N) is 1. The highest BCUT2D eigenvalue weighted by Crippen LogP contribution is 2.28. The molecular formula is C13H21N3O. The Hall–Kier alpha value is -1.29. The molecule has 1 aliphatic heterocycles. The molecule has 1 aliphatic rings. The summed E-state index contributed by atoms with van der Waals surface area (Å²) in [7, 11) is 1.94. The number of piperidine rings is 1. The number of carbonyl (C=O) groups is 1. The van der Waals surface area contributed by atoms with Crippen molar-refractivity contribution in [2.24, 2.45) is 0 Å². The third-order valence-electron chi connectivity index (χ3n) is 3.63. The van der Waals surface area contributed by atoms with Gasteiger partial charge >= 0.3 is 0 Å². The molecule has 4 heteroatoms. The lowest BCUT2D eigenvalue weighted by molar-refractivity contribution is 0.0377. The normalized spacial score (nSPS) is 24.9. The Balaban J connectivity index is 2.19. The molecule has 17 heavy (non-hydrogen) atoms. The smallest absolute Gasteiger partial charge is 0.270 e. The molecule has 1 amide bonds. The fourth-order valence-electron chi connectivity index (χ4n) is 2.70. The predicted octanol–water partition coefficient (Wildman–Crippen LogP) is 1.62. The van der Waals surface area contributed by atoms with Crippen LogP contribution in [0.4, 0.5) is 0 Å². The Morgan fingerprint density at radius 2 is 2.41 bits per heavy atom. The summed E-state index contributed by atoms with van der Waals surface area (Å²) in [5.74, 6) is 0.118. The van der Waals surface area contributed by atoms with Crippen molar-refractivity contribution in [2.75, 3.05) is 20.1 Å². The summed E-state index contributed by atoms with van der Waals surface area (Å²) in [6.45, 7) is 3.87. The number of carbonyl (C=O) groups excluding carboxylic acids is 1. The second-order valence-electron chi connectivity index (χ2n) is 5.02. The molecule has 0 spiro atoms. The van der Waals surface area contributed by atoms with Crippen molar-refractivity contribution in [3.05, 3.63) is 24.0 Å². The highest BCUT2D eigenvalue weighted by molar-refractivity contribution is 5.93. The van der Waals surface area contributed by atoms with Gasteiger partial charge in [0, 0.05) is 19.3 Å². The van der Waals surface area contributed by atoms with Crippen LogP contribution < -0.4 is 5.32 Å². The van der Waals surface area contributed by atoms with Crippen molar-refractivity contribution < 1.29 is 4.79 Å². The molecule has 1 aromatic rings. The molecule has 94 valence electrons. The van der Waals surface area contributed by atoms with Gasteiger partial charge in [-0.1, -0.05) is 0 Å². The first kappa shape index (κ1) is 12.2. The quantitative estimate of drug-likeness (QED) is 0.836. The monoisotopic (exact) mass is 235 g/mol. The summed E-state index contributed by atoms with van der Waals surface area (Å²) >= 11 is 0. The summed E-state index contributed by atoms with van der Waals surface area (Å²) in [4.78, 5) is 17.4. The van der Waals surface area contributed by atoms with Gasteiger partial charge in [0.05, 0.1) is 5.54 Å². The molecule has 0 bridgehead atoms. The topological polar surface area (TPSA) is 48.1 Å². The van der Waals surface area contributed by atoms with Gasteiger partial charge < -0.3 is 15.2 Å². The lowest BCUT2D eigenvalue weighted by atomic mass is 9.88. The van der Waals surface area contributed by atoms with Crippen molar-refractivity contribution in [2.45, 2.75) is 31.7 Å². The van der Waals surface area contributed by atoms with Crippen LogP contribution in [0.1, 0.15) is 36.7 Å². The molecular weight excluding hydrogens is 214 g/mol. The molecule has 1 aromatic heterocycles.